The third kappa shape index (κ3) is 3.16. The lowest BCUT2D eigenvalue weighted by molar-refractivity contribution is 0.168. The summed E-state index contributed by atoms with van der Waals surface area (Å²) < 4.78 is 5.48. The monoisotopic (exact) mass is 297 g/mol. The Labute approximate surface area is 131 Å². The maximum absolute atomic E-state index is 10.3. The summed E-state index contributed by atoms with van der Waals surface area (Å²) >= 11 is 0. The largest absolute Gasteiger partial charge is 0.496 e. The molecule has 2 aromatic rings. The fourth-order valence-corrected chi connectivity index (χ4v) is 3.27. The molecule has 116 valence electrons. The van der Waals surface area contributed by atoms with Gasteiger partial charge in [-0.3, -0.25) is 0 Å². The summed E-state index contributed by atoms with van der Waals surface area (Å²) in [4.78, 5) is 0. The predicted molar refractivity (Wildman–Crippen MR) is 88.1 cm³/mol. The molecular weight excluding hydrogens is 274 g/mol. The molecular formula is C19H23NO2. The fraction of sp³-hybridized carbons (Fsp3) is 0.368. The van der Waals surface area contributed by atoms with Crippen LogP contribution in [0.25, 0.3) is 0 Å². The Morgan fingerprint density at radius 3 is 2.77 bits per heavy atom. The molecule has 0 heterocycles. The van der Waals surface area contributed by atoms with Gasteiger partial charge in [0.2, 0.25) is 0 Å². The standard InChI is InChI=1S/C19H23NO2/c1-22-19-12-6-9-15-16(19)10-5-11-17(15)20-13-18(21)14-7-3-2-4-8-14/h2-4,6-9,12,17-18,20-21H,5,10-11,13H2,1H3. The second-order valence-electron chi connectivity index (χ2n) is 5.81. The van der Waals surface area contributed by atoms with Crippen molar-refractivity contribution in [3.8, 4) is 5.75 Å². The highest BCUT2D eigenvalue weighted by Gasteiger charge is 2.23. The topological polar surface area (TPSA) is 41.5 Å². The molecule has 3 nitrogen and oxygen atoms in total. The molecule has 0 bridgehead atoms. The molecule has 2 unspecified atom stereocenters. The first-order valence-electron chi connectivity index (χ1n) is 7.91. The van der Waals surface area contributed by atoms with Crippen molar-refractivity contribution in [3.63, 3.8) is 0 Å². The van der Waals surface area contributed by atoms with Gasteiger partial charge in [0.1, 0.15) is 5.75 Å². The van der Waals surface area contributed by atoms with Gasteiger partial charge in [0, 0.05) is 12.6 Å². The van der Waals surface area contributed by atoms with Gasteiger partial charge in [0.25, 0.3) is 0 Å². The minimum absolute atomic E-state index is 0.289. The first kappa shape index (κ1) is 15.1. The molecule has 0 fully saturated rings. The van der Waals surface area contributed by atoms with E-state index in [0.717, 1.165) is 30.6 Å². The Kier molecular flexibility index (Phi) is 4.76. The highest BCUT2D eigenvalue weighted by Crippen LogP contribution is 2.35. The minimum atomic E-state index is -0.475. The molecule has 0 aliphatic heterocycles. The first-order chi connectivity index (χ1) is 10.8. The first-order valence-corrected chi connectivity index (χ1v) is 7.91. The normalized spacial score (nSPS) is 18.5. The predicted octanol–water partition coefficient (Wildman–Crippen LogP) is 3.40. The summed E-state index contributed by atoms with van der Waals surface area (Å²) in [6, 6.07) is 16.3. The van der Waals surface area contributed by atoms with Gasteiger partial charge >= 0.3 is 0 Å². The highest BCUT2D eigenvalue weighted by atomic mass is 16.5. The summed E-state index contributed by atoms with van der Waals surface area (Å²) in [6.07, 6.45) is 2.84. The summed E-state index contributed by atoms with van der Waals surface area (Å²) in [5, 5.41) is 13.8. The Morgan fingerprint density at radius 2 is 2.00 bits per heavy atom. The van der Waals surface area contributed by atoms with Crippen LogP contribution in [0.1, 0.15) is 41.7 Å². The van der Waals surface area contributed by atoms with Crippen LogP contribution in [-0.4, -0.2) is 18.8 Å². The van der Waals surface area contributed by atoms with E-state index < -0.39 is 6.10 Å². The highest BCUT2D eigenvalue weighted by molar-refractivity contribution is 5.43. The number of ether oxygens (including phenoxy) is 1. The third-order valence-corrected chi connectivity index (χ3v) is 4.43. The van der Waals surface area contributed by atoms with Gasteiger partial charge in [-0.15, -0.1) is 0 Å². The number of aliphatic hydroxyl groups excluding tert-OH is 1. The molecule has 3 heteroatoms. The van der Waals surface area contributed by atoms with Gasteiger partial charge < -0.3 is 15.2 Å². The van der Waals surface area contributed by atoms with E-state index in [1.165, 1.54) is 11.1 Å². The van der Waals surface area contributed by atoms with Gasteiger partial charge in [0.05, 0.1) is 13.2 Å². The second-order valence-corrected chi connectivity index (χ2v) is 5.81. The van der Waals surface area contributed by atoms with Crippen LogP contribution in [-0.2, 0) is 6.42 Å². The molecule has 2 aromatic carbocycles. The van der Waals surface area contributed by atoms with Crippen molar-refractivity contribution >= 4 is 0 Å². The molecule has 2 atom stereocenters. The van der Waals surface area contributed by atoms with E-state index in [2.05, 4.69) is 11.4 Å². The number of hydrogen-bond donors (Lipinski definition) is 2. The number of aliphatic hydroxyl groups is 1. The molecule has 0 aromatic heterocycles. The van der Waals surface area contributed by atoms with Crippen molar-refractivity contribution < 1.29 is 9.84 Å². The molecule has 0 radical (unpaired) electrons. The molecule has 1 aliphatic rings. The smallest absolute Gasteiger partial charge is 0.122 e. The molecule has 2 N–H and O–H groups in total. The number of nitrogens with one attached hydrogen (secondary N) is 1. The number of hydrogen-bond acceptors (Lipinski definition) is 3. The van der Waals surface area contributed by atoms with E-state index >= 15 is 0 Å². The van der Waals surface area contributed by atoms with Gasteiger partial charge in [-0.05, 0) is 42.0 Å². The molecule has 0 spiro atoms. The average Bonchev–Trinajstić information content (AvgIpc) is 2.59. The summed E-state index contributed by atoms with van der Waals surface area (Å²) in [6.45, 7) is 0.561. The van der Waals surface area contributed by atoms with Crippen LogP contribution in [0.3, 0.4) is 0 Å². The van der Waals surface area contributed by atoms with E-state index in [1.807, 2.05) is 42.5 Å². The van der Waals surface area contributed by atoms with Crippen molar-refractivity contribution in [3.05, 3.63) is 65.2 Å². The second kappa shape index (κ2) is 6.95. The van der Waals surface area contributed by atoms with Crippen LogP contribution in [0, 0.1) is 0 Å². The van der Waals surface area contributed by atoms with Crippen LogP contribution in [0.5, 0.6) is 5.75 Å². The molecule has 0 amide bonds. The summed E-state index contributed by atoms with van der Waals surface area (Å²) in [7, 11) is 1.73. The lowest BCUT2D eigenvalue weighted by Crippen LogP contribution is -2.29. The van der Waals surface area contributed by atoms with E-state index in [1.54, 1.807) is 7.11 Å². The number of benzene rings is 2. The Hall–Kier alpha value is -1.84. The zero-order valence-electron chi connectivity index (χ0n) is 13.0. The van der Waals surface area contributed by atoms with Gasteiger partial charge in [-0.1, -0.05) is 42.5 Å². The van der Waals surface area contributed by atoms with Gasteiger partial charge in [-0.2, -0.15) is 0 Å². The molecule has 22 heavy (non-hydrogen) atoms. The van der Waals surface area contributed by atoms with E-state index in [0.29, 0.717) is 6.54 Å². The Bertz CT molecular complexity index is 612. The zero-order valence-corrected chi connectivity index (χ0v) is 13.0. The Balaban J connectivity index is 1.70. The summed E-state index contributed by atoms with van der Waals surface area (Å²) in [5.74, 6) is 0.979. The van der Waals surface area contributed by atoms with Crippen LogP contribution >= 0.6 is 0 Å². The summed E-state index contributed by atoms with van der Waals surface area (Å²) in [5.41, 5.74) is 3.57. The maximum atomic E-state index is 10.3. The van der Waals surface area contributed by atoms with Crippen LogP contribution in [0.4, 0.5) is 0 Å². The quantitative estimate of drug-likeness (QED) is 0.889. The number of rotatable bonds is 5. The molecule has 0 saturated heterocycles. The van der Waals surface area contributed by atoms with Crippen molar-refractivity contribution in [1.82, 2.24) is 5.32 Å². The number of fused-ring (bicyclic) bond motifs is 1. The van der Waals surface area contributed by atoms with Crippen molar-refractivity contribution in [2.75, 3.05) is 13.7 Å². The number of methoxy groups -OCH3 is 1. The maximum Gasteiger partial charge on any atom is 0.122 e. The average molecular weight is 297 g/mol. The lowest BCUT2D eigenvalue weighted by Gasteiger charge is -2.28. The SMILES string of the molecule is COc1cccc2c1CCCC2NCC(O)c1ccccc1. The minimum Gasteiger partial charge on any atom is -0.496 e. The van der Waals surface area contributed by atoms with E-state index in [9.17, 15) is 5.11 Å². The zero-order chi connectivity index (χ0) is 15.4. The van der Waals surface area contributed by atoms with Crippen molar-refractivity contribution in [2.45, 2.75) is 31.4 Å². The van der Waals surface area contributed by atoms with E-state index in [-0.39, 0.29) is 6.04 Å². The lowest BCUT2D eigenvalue weighted by atomic mass is 9.87. The van der Waals surface area contributed by atoms with Crippen molar-refractivity contribution in [1.29, 1.82) is 0 Å². The third-order valence-electron chi connectivity index (χ3n) is 4.43. The van der Waals surface area contributed by atoms with Crippen LogP contribution < -0.4 is 10.1 Å². The van der Waals surface area contributed by atoms with E-state index in [4.69, 9.17) is 4.74 Å². The van der Waals surface area contributed by atoms with Crippen molar-refractivity contribution in [2.24, 2.45) is 0 Å². The van der Waals surface area contributed by atoms with Crippen LogP contribution in [0.2, 0.25) is 0 Å². The Morgan fingerprint density at radius 1 is 1.18 bits per heavy atom. The van der Waals surface area contributed by atoms with Crippen LogP contribution in [0.15, 0.2) is 48.5 Å². The van der Waals surface area contributed by atoms with Gasteiger partial charge in [-0.25, -0.2) is 0 Å². The fourth-order valence-electron chi connectivity index (χ4n) is 3.27. The molecule has 3 rings (SSSR count). The van der Waals surface area contributed by atoms with Gasteiger partial charge in [0.15, 0.2) is 0 Å². The molecule has 0 saturated carbocycles. The molecule has 1 aliphatic carbocycles.